The standard InChI is InChI=1S/C25H33ClN4O2/c1-28(2)10-8-14-32-23-17-24(31-3)21(26)16-20(23)22-18-30-13-9-19(15-25(30)27-22)29-11-6-4-5-7-12-29/h9,13,15-18H,4-8,10-12,14H2,1-3H3. The molecule has 0 saturated carbocycles. The summed E-state index contributed by atoms with van der Waals surface area (Å²) in [6.07, 6.45) is 10.2. The first-order chi connectivity index (χ1) is 15.5. The van der Waals surface area contributed by atoms with Gasteiger partial charge < -0.3 is 23.7 Å². The van der Waals surface area contributed by atoms with Gasteiger partial charge in [-0.1, -0.05) is 24.4 Å². The molecular formula is C25H33ClN4O2. The summed E-state index contributed by atoms with van der Waals surface area (Å²) in [5.74, 6) is 1.34. The molecule has 172 valence electrons. The molecule has 0 unspecified atom stereocenters. The second-order valence-corrected chi connectivity index (χ2v) is 9.07. The predicted molar refractivity (Wildman–Crippen MR) is 132 cm³/mol. The summed E-state index contributed by atoms with van der Waals surface area (Å²) in [5.41, 5.74) is 3.88. The Morgan fingerprint density at radius 2 is 1.84 bits per heavy atom. The fraction of sp³-hybridized carbons (Fsp3) is 0.480. The van der Waals surface area contributed by atoms with Crippen LogP contribution in [0.25, 0.3) is 16.9 Å². The lowest BCUT2D eigenvalue weighted by atomic mass is 10.1. The lowest BCUT2D eigenvalue weighted by Crippen LogP contribution is -2.23. The van der Waals surface area contributed by atoms with Crippen LogP contribution in [-0.2, 0) is 0 Å². The molecular weight excluding hydrogens is 424 g/mol. The molecule has 1 saturated heterocycles. The normalized spacial score (nSPS) is 14.7. The van der Waals surface area contributed by atoms with E-state index in [1.165, 1.54) is 31.4 Å². The average Bonchev–Trinajstić information content (AvgIpc) is 3.01. The highest BCUT2D eigenvalue weighted by Gasteiger charge is 2.17. The van der Waals surface area contributed by atoms with Crippen molar-refractivity contribution in [1.82, 2.24) is 14.3 Å². The minimum Gasteiger partial charge on any atom is -0.495 e. The molecule has 1 aliphatic rings. The van der Waals surface area contributed by atoms with Gasteiger partial charge in [0.15, 0.2) is 0 Å². The van der Waals surface area contributed by atoms with Crippen molar-refractivity contribution in [2.24, 2.45) is 0 Å². The van der Waals surface area contributed by atoms with E-state index >= 15 is 0 Å². The summed E-state index contributed by atoms with van der Waals surface area (Å²) in [7, 11) is 5.74. The first kappa shape index (κ1) is 22.7. The van der Waals surface area contributed by atoms with E-state index in [4.69, 9.17) is 26.1 Å². The van der Waals surface area contributed by atoms with E-state index in [0.717, 1.165) is 48.7 Å². The van der Waals surface area contributed by atoms with Gasteiger partial charge in [0.1, 0.15) is 17.1 Å². The second kappa shape index (κ2) is 10.5. The topological polar surface area (TPSA) is 42.2 Å². The minimum absolute atomic E-state index is 0.547. The van der Waals surface area contributed by atoms with E-state index in [1.54, 1.807) is 7.11 Å². The van der Waals surface area contributed by atoms with Crippen molar-refractivity contribution in [2.45, 2.75) is 32.1 Å². The van der Waals surface area contributed by atoms with Crippen molar-refractivity contribution in [3.63, 3.8) is 0 Å². The first-order valence-electron chi connectivity index (χ1n) is 11.4. The third kappa shape index (κ3) is 5.30. The zero-order valence-electron chi connectivity index (χ0n) is 19.3. The van der Waals surface area contributed by atoms with Crippen molar-refractivity contribution in [2.75, 3.05) is 52.3 Å². The Hall–Kier alpha value is -2.44. The molecule has 0 radical (unpaired) electrons. The highest BCUT2D eigenvalue weighted by Crippen LogP contribution is 2.38. The fourth-order valence-electron chi connectivity index (χ4n) is 4.20. The summed E-state index contributed by atoms with van der Waals surface area (Å²) in [5, 5.41) is 0.547. The summed E-state index contributed by atoms with van der Waals surface area (Å²) >= 11 is 6.47. The molecule has 7 heteroatoms. The maximum atomic E-state index is 6.47. The molecule has 32 heavy (non-hydrogen) atoms. The van der Waals surface area contributed by atoms with Gasteiger partial charge in [-0.05, 0) is 45.5 Å². The Balaban J connectivity index is 1.63. The first-order valence-corrected chi connectivity index (χ1v) is 11.8. The van der Waals surface area contributed by atoms with Crippen molar-refractivity contribution >= 4 is 22.9 Å². The molecule has 3 aromatic rings. The van der Waals surface area contributed by atoms with Crippen molar-refractivity contribution in [3.05, 3.63) is 41.7 Å². The van der Waals surface area contributed by atoms with Gasteiger partial charge in [-0.15, -0.1) is 0 Å². The molecule has 3 heterocycles. The van der Waals surface area contributed by atoms with Gasteiger partial charge >= 0.3 is 0 Å². The number of methoxy groups -OCH3 is 1. The third-order valence-corrected chi connectivity index (χ3v) is 6.25. The van der Waals surface area contributed by atoms with Crippen LogP contribution < -0.4 is 14.4 Å². The Bertz CT molecular complexity index is 1040. The summed E-state index contributed by atoms with van der Waals surface area (Å²) in [6, 6.07) is 8.11. The number of ether oxygens (including phenoxy) is 2. The van der Waals surface area contributed by atoms with E-state index in [0.29, 0.717) is 17.4 Å². The Labute approximate surface area is 195 Å². The molecule has 0 atom stereocenters. The molecule has 4 rings (SSSR count). The monoisotopic (exact) mass is 456 g/mol. The number of aromatic nitrogens is 2. The van der Waals surface area contributed by atoms with Gasteiger partial charge in [0.25, 0.3) is 0 Å². The number of imidazole rings is 1. The molecule has 0 aliphatic carbocycles. The van der Waals surface area contributed by atoms with E-state index in [1.807, 2.05) is 18.3 Å². The molecule has 6 nitrogen and oxygen atoms in total. The minimum atomic E-state index is 0.547. The number of hydrogen-bond donors (Lipinski definition) is 0. The maximum Gasteiger partial charge on any atom is 0.141 e. The number of hydrogen-bond acceptors (Lipinski definition) is 5. The van der Waals surface area contributed by atoms with Gasteiger partial charge in [-0.3, -0.25) is 0 Å². The number of rotatable bonds is 8. The second-order valence-electron chi connectivity index (χ2n) is 8.67. The Morgan fingerprint density at radius 1 is 1.06 bits per heavy atom. The molecule has 1 aromatic carbocycles. The van der Waals surface area contributed by atoms with Crippen molar-refractivity contribution in [3.8, 4) is 22.8 Å². The molecule has 0 N–H and O–H groups in total. The van der Waals surface area contributed by atoms with E-state index in [9.17, 15) is 0 Å². The molecule has 2 aromatic heterocycles. The molecule has 1 aliphatic heterocycles. The smallest absolute Gasteiger partial charge is 0.141 e. The Morgan fingerprint density at radius 3 is 2.56 bits per heavy atom. The van der Waals surface area contributed by atoms with E-state index in [-0.39, 0.29) is 0 Å². The predicted octanol–water partition coefficient (Wildman–Crippen LogP) is 5.37. The van der Waals surface area contributed by atoms with Crippen LogP contribution in [-0.4, -0.2) is 61.7 Å². The quantitative estimate of drug-likeness (QED) is 0.426. The van der Waals surface area contributed by atoms with E-state index in [2.05, 4.69) is 46.6 Å². The number of pyridine rings is 1. The number of fused-ring (bicyclic) bond motifs is 1. The zero-order chi connectivity index (χ0) is 22.5. The highest BCUT2D eigenvalue weighted by atomic mass is 35.5. The third-order valence-electron chi connectivity index (χ3n) is 5.95. The largest absolute Gasteiger partial charge is 0.495 e. The van der Waals surface area contributed by atoms with Crippen LogP contribution in [0.4, 0.5) is 5.69 Å². The van der Waals surface area contributed by atoms with Crippen LogP contribution in [0.5, 0.6) is 11.5 Å². The molecule has 0 spiro atoms. The number of benzene rings is 1. The molecule has 1 fully saturated rings. The maximum absolute atomic E-state index is 6.47. The summed E-state index contributed by atoms with van der Waals surface area (Å²) in [4.78, 5) is 9.55. The Kier molecular flexibility index (Phi) is 7.43. The average molecular weight is 457 g/mol. The SMILES string of the molecule is COc1cc(OCCCN(C)C)c(-c2cn3ccc(N4CCCCCC4)cc3n2)cc1Cl. The lowest BCUT2D eigenvalue weighted by Gasteiger charge is -2.22. The number of halogens is 1. The highest BCUT2D eigenvalue weighted by molar-refractivity contribution is 6.32. The zero-order valence-corrected chi connectivity index (χ0v) is 20.1. The van der Waals surface area contributed by atoms with Gasteiger partial charge in [-0.2, -0.15) is 0 Å². The summed E-state index contributed by atoms with van der Waals surface area (Å²) < 4.78 is 13.6. The van der Waals surface area contributed by atoms with Crippen molar-refractivity contribution in [1.29, 1.82) is 0 Å². The number of anilines is 1. The van der Waals surface area contributed by atoms with Gasteiger partial charge in [0, 0.05) is 55.4 Å². The van der Waals surface area contributed by atoms with Crippen LogP contribution in [0.1, 0.15) is 32.1 Å². The van der Waals surface area contributed by atoms with Crippen LogP contribution in [0.15, 0.2) is 36.7 Å². The van der Waals surface area contributed by atoms with Gasteiger partial charge in [0.05, 0.1) is 24.4 Å². The fourth-order valence-corrected chi connectivity index (χ4v) is 4.44. The van der Waals surface area contributed by atoms with Gasteiger partial charge in [0.2, 0.25) is 0 Å². The molecule has 0 amide bonds. The van der Waals surface area contributed by atoms with Crippen LogP contribution in [0.2, 0.25) is 5.02 Å². The lowest BCUT2D eigenvalue weighted by molar-refractivity contribution is 0.281. The number of nitrogens with zero attached hydrogens (tertiary/aromatic N) is 4. The van der Waals surface area contributed by atoms with Crippen LogP contribution in [0.3, 0.4) is 0 Å². The van der Waals surface area contributed by atoms with Crippen LogP contribution >= 0.6 is 11.6 Å². The van der Waals surface area contributed by atoms with Crippen LogP contribution in [0, 0.1) is 0 Å². The van der Waals surface area contributed by atoms with Gasteiger partial charge in [-0.25, -0.2) is 4.98 Å². The van der Waals surface area contributed by atoms with E-state index < -0.39 is 0 Å². The summed E-state index contributed by atoms with van der Waals surface area (Å²) in [6.45, 7) is 3.81. The molecule has 0 bridgehead atoms. The van der Waals surface area contributed by atoms with Crippen molar-refractivity contribution < 1.29 is 9.47 Å².